The summed E-state index contributed by atoms with van der Waals surface area (Å²) in [6.07, 6.45) is 0. The van der Waals surface area contributed by atoms with E-state index >= 15 is 0 Å². The number of rotatable bonds is 7. The van der Waals surface area contributed by atoms with Crippen LogP contribution in [-0.4, -0.2) is 9.13 Å². The smallest absolute Gasteiger partial charge is 0.145 e. The lowest BCUT2D eigenvalue weighted by Gasteiger charge is -2.26. The van der Waals surface area contributed by atoms with Gasteiger partial charge < -0.3 is 18.5 Å². The minimum atomic E-state index is 0.905. The summed E-state index contributed by atoms with van der Waals surface area (Å²) in [6, 6.07) is 90.0. The second-order valence-electron chi connectivity index (χ2n) is 18.4. The molecule has 0 unspecified atom stereocenters. The van der Waals surface area contributed by atoms with Gasteiger partial charge in [-0.25, -0.2) is 0 Å². The van der Waals surface area contributed by atoms with E-state index in [9.17, 15) is 0 Å². The highest BCUT2D eigenvalue weighted by Gasteiger charge is 2.23. The van der Waals surface area contributed by atoms with Crippen molar-refractivity contribution in [1.29, 1.82) is 0 Å². The molecule has 4 nitrogen and oxygen atoms in total. The molecule has 0 bridgehead atoms. The molecular formula is C66H41N3OS. The van der Waals surface area contributed by atoms with Crippen LogP contribution in [0.15, 0.2) is 253 Å². The Balaban J connectivity index is 0.850. The summed E-state index contributed by atoms with van der Waals surface area (Å²) in [7, 11) is 0. The van der Waals surface area contributed by atoms with Gasteiger partial charge in [-0.1, -0.05) is 146 Å². The first-order valence-electron chi connectivity index (χ1n) is 24.2. The fourth-order valence-electron chi connectivity index (χ4n) is 11.3. The van der Waals surface area contributed by atoms with Gasteiger partial charge in [-0.2, -0.15) is 0 Å². The van der Waals surface area contributed by atoms with Crippen molar-refractivity contribution in [3.63, 3.8) is 0 Å². The third-order valence-electron chi connectivity index (χ3n) is 14.5. The number of anilines is 3. The molecule has 0 saturated heterocycles. The van der Waals surface area contributed by atoms with Crippen molar-refractivity contribution in [1.82, 2.24) is 9.13 Å². The zero-order chi connectivity index (χ0) is 46.6. The van der Waals surface area contributed by atoms with Crippen LogP contribution < -0.4 is 4.90 Å². The van der Waals surface area contributed by atoms with Crippen LogP contribution >= 0.6 is 11.3 Å². The Morgan fingerprint density at radius 2 is 0.775 bits per heavy atom. The van der Waals surface area contributed by atoms with Crippen LogP contribution in [0.2, 0.25) is 0 Å². The molecule has 0 radical (unpaired) electrons. The first kappa shape index (κ1) is 39.8. The number of para-hydroxylation sites is 3. The largest absolute Gasteiger partial charge is 0.455 e. The molecular weight excluding hydrogens is 883 g/mol. The molecule has 0 fully saturated rings. The Labute approximate surface area is 412 Å². The number of thiophene rings is 1. The highest BCUT2D eigenvalue weighted by molar-refractivity contribution is 7.26. The lowest BCUT2D eigenvalue weighted by atomic mass is 10.0. The van der Waals surface area contributed by atoms with Crippen molar-refractivity contribution in [2.24, 2.45) is 0 Å². The van der Waals surface area contributed by atoms with E-state index < -0.39 is 0 Å². The van der Waals surface area contributed by atoms with Crippen molar-refractivity contribution in [3.05, 3.63) is 249 Å². The maximum absolute atomic E-state index is 7.29. The van der Waals surface area contributed by atoms with E-state index in [1.54, 1.807) is 0 Å². The van der Waals surface area contributed by atoms with Crippen molar-refractivity contribution in [2.45, 2.75) is 0 Å². The van der Waals surface area contributed by atoms with Gasteiger partial charge in [0.25, 0.3) is 0 Å². The lowest BCUT2D eigenvalue weighted by molar-refractivity contribution is 0.677. The van der Waals surface area contributed by atoms with Crippen molar-refractivity contribution >= 4 is 114 Å². The molecule has 332 valence electrons. The van der Waals surface area contributed by atoms with Gasteiger partial charge in [-0.15, -0.1) is 11.3 Å². The average Bonchev–Trinajstić information content (AvgIpc) is 4.20. The van der Waals surface area contributed by atoms with E-state index in [4.69, 9.17) is 4.42 Å². The van der Waals surface area contributed by atoms with Crippen LogP contribution in [-0.2, 0) is 0 Å². The molecule has 5 heteroatoms. The molecule has 0 aliphatic carbocycles. The summed E-state index contributed by atoms with van der Waals surface area (Å²) in [5, 5.41) is 9.42. The minimum Gasteiger partial charge on any atom is -0.455 e. The van der Waals surface area contributed by atoms with Crippen molar-refractivity contribution in [2.75, 3.05) is 4.90 Å². The number of hydrogen-bond acceptors (Lipinski definition) is 3. The van der Waals surface area contributed by atoms with Crippen LogP contribution in [0.1, 0.15) is 0 Å². The molecule has 71 heavy (non-hydrogen) atoms. The Bertz CT molecular complexity index is 4540. The van der Waals surface area contributed by atoms with E-state index in [1.807, 2.05) is 11.3 Å². The van der Waals surface area contributed by atoms with Gasteiger partial charge in [0.05, 0.1) is 32.8 Å². The van der Waals surface area contributed by atoms with Gasteiger partial charge >= 0.3 is 0 Å². The fourth-order valence-corrected chi connectivity index (χ4v) is 12.6. The monoisotopic (exact) mass is 923 g/mol. The predicted molar refractivity (Wildman–Crippen MR) is 301 cm³/mol. The number of fused-ring (bicyclic) bond motifs is 14. The molecule has 11 aromatic carbocycles. The fraction of sp³-hybridized carbons (Fsp3) is 0. The van der Waals surface area contributed by atoms with Crippen LogP contribution in [0.4, 0.5) is 17.1 Å². The average molecular weight is 924 g/mol. The summed E-state index contributed by atoms with van der Waals surface area (Å²) in [5.41, 5.74) is 16.7. The molecule has 4 aromatic heterocycles. The van der Waals surface area contributed by atoms with Crippen molar-refractivity contribution in [3.8, 4) is 33.6 Å². The van der Waals surface area contributed by atoms with Gasteiger partial charge in [-0.05, 0) is 125 Å². The molecule has 0 aliphatic rings. The first-order valence-corrected chi connectivity index (χ1v) is 25.0. The number of nitrogens with zero attached hydrogens (tertiary/aromatic N) is 3. The number of furan rings is 1. The predicted octanol–water partition coefficient (Wildman–Crippen LogP) is 19.0. The lowest BCUT2D eigenvalue weighted by Crippen LogP contribution is -2.10. The Hall–Kier alpha value is -9.16. The number of aromatic nitrogens is 2. The molecule has 4 heterocycles. The van der Waals surface area contributed by atoms with E-state index in [0.717, 1.165) is 88.6 Å². The highest BCUT2D eigenvalue weighted by atomic mass is 32.1. The third kappa shape index (κ3) is 6.10. The summed E-state index contributed by atoms with van der Waals surface area (Å²) >= 11 is 1.87. The molecule has 0 saturated carbocycles. The standard InChI is InChI=1S/C66H41N3OS/c1-3-14-42(15-4-1)43-26-30-46(31-27-43)67(45-16-5-2-6-17-45)47-34-36-49(37-35-47)69-58-24-11-8-20-56(58)63-60(69)41-39-53-52-38-40-59-62(64(52)70-65(53)63)55-19-7-10-23-57(55)68(59)48-32-28-44(29-33-48)50-21-13-22-54-51-18-9-12-25-61(51)71-66(50)54/h1-41H. The Kier molecular flexibility index (Phi) is 8.79. The highest BCUT2D eigenvalue weighted by Crippen LogP contribution is 2.46. The molecule has 0 atom stereocenters. The van der Waals surface area contributed by atoms with Gasteiger partial charge in [0.2, 0.25) is 0 Å². The van der Waals surface area contributed by atoms with E-state index in [0.29, 0.717) is 0 Å². The van der Waals surface area contributed by atoms with Crippen LogP contribution in [0.3, 0.4) is 0 Å². The van der Waals surface area contributed by atoms with Gasteiger partial charge in [0.15, 0.2) is 0 Å². The van der Waals surface area contributed by atoms with Gasteiger partial charge in [0.1, 0.15) is 11.2 Å². The zero-order valence-electron chi connectivity index (χ0n) is 38.3. The van der Waals surface area contributed by atoms with Crippen LogP contribution in [0, 0.1) is 0 Å². The van der Waals surface area contributed by atoms with Crippen LogP contribution in [0.5, 0.6) is 0 Å². The number of benzene rings is 11. The Morgan fingerprint density at radius 3 is 1.39 bits per heavy atom. The maximum Gasteiger partial charge on any atom is 0.145 e. The van der Waals surface area contributed by atoms with E-state index in [2.05, 4.69) is 263 Å². The second kappa shape index (κ2) is 15.7. The molecule has 15 aromatic rings. The zero-order valence-corrected chi connectivity index (χ0v) is 39.1. The SMILES string of the molecule is c1ccc(-c2ccc(N(c3ccccc3)c3ccc(-n4c5ccccc5c5c6oc7c(ccc8c7c7ccccc7n8-c7ccc(-c8cccc9c8sc8ccccc89)cc7)c6ccc54)cc3)cc2)cc1. The molecule has 0 amide bonds. The normalized spacial score (nSPS) is 11.9. The number of hydrogen-bond donors (Lipinski definition) is 0. The van der Waals surface area contributed by atoms with Crippen LogP contribution in [0.25, 0.3) is 119 Å². The molecule has 15 rings (SSSR count). The summed E-state index contributed by atoms with van der Waals surface area (Å²) in [4.78, 5) is 2.32. The summed E-state index contributed by atoms with van der Waals surface area (Å²) in [6.45, 7) is 0. The maximum atomic E-state index is 7.29. The van der Waals surface area contributed by atoms with Gasteiger partial charge in [-0.3, -0.25) is 0 Å². The molecule has 0 N–H and O–H groups in total. The summed E-state index contributed by atoms with van der Waals surface area (Å²) < 4.78 is 14.7. The molecule has 0 spiro atoms. The molecule has 0 aliphatic heterocycles. The van der Waals surface area contributed by atoms with E-state index in [-0.39, 0.29) is 0 Å². The van der Waals surface area contributed by atoms with E-state index in [1.165, 1.54) is 47.8 Å². The third-order valence-corrected chi connectivity index (χ3v) is 15.7. The Morgan fingerprint density at radius 1 is 0.310 bits per heavy atom. The van der Waals surface area contributed by atoms with Crippen molar-refractivity contribution < 1.29 is 4.42 Å². The topological polar surface area (TPSA) is 26.2 Å². The second-order valence-corrected chi connectivity index (χ2v) is 19.5. The summed E-state index contributed by atoms with van der Waals surface area (Å²) in [5.74, 6) is 0. The first-order chi connectivity index (χ1) is 35.2. The minimum absolute atomic E-state index is 0.905. The quantitative estimate of drug-likeness (QED) is 0.159. The van der Waals surface area contributed by atoms with Gasteiger partial charge in [0, 0.05) is 70.2 Å².